The van der Waals surface area contributed by atoms with Crippen LogP contribution < -0.4 is 5.48 Å². The van der Waals surface area contributed by atoms with E-state index in [2.05, 4.69) is 28.6 Å². The molecule has 0 aromatic carbocycles. The highest BCUT2D eigenvalue weighted by Gasteiger charge is 2.44. The fourth-order valence-electron chi connectivity index (χ4n) is 3.89. The number of rotatable bonds is 6. The Morgan fingerprint density at radius 2 is 2.09 bits per heavy atom. The number of nitrogens with one attached hydrogen (secondary N) is 1. The molecule has 2 fully saturated rings. The van der Waals surface area contributed by atoms with Gasteiger partial charge in [-0.1, -0.05) is 5.92 Å². The normalized spacial score (nSPS) is 20.5. The molecule has 2 saturated heterocycles. The first-order chi connectivity index (χ1) is 15.6. The molecule has 176 valence electrons. The lowest BCUT2D eigenvalue weighted by Crippen LogP contribution is -2.58. The predicted molar refractivity (Wildman–Crippen MR) is 121 cm³/mol. The van der Waals surface area contributed by atoms with Crippen LogP contribution in [0, 0.1) is 29.6 Å². The second-order valence-electron chi connectivity index (χ2n) is 8.75. The zero-order valence-corrected chi connectivity index (χ0v) is 20.0. The third kappa shape index (κ3) is 4.65. The summed E-state index contributed by atoms with van der Waals surface area (Å²) in [5, 5.41) is 8.93. The molecule has 0 radical (unpaired) electrons. The molecule has 0 bridgehead atoms. The number of amides is 2. The quantitative estimate of drug-likeness (QED) is 0.329. The van der Waals surface area contributed by atoms with Gasteiger partial charge >= 0.3 is 0 Å². The molecule has 0 aliphatic carbocycles. The lowest BCUT2D eigenvalue weighted by Gasteiger charge is -2.45. The van der Waals surface area contributed by atoms with Crippen LogP contribution in [-0.4, -0.2) is 85.1 Å². The molecule has 1 aromatic rings. The molecule has 4 heterocycles. The largest absolute Gasteiger partial charge is 0.378 e. The van der Waals surface area contributed by atoms with Gasteiger partial charge < -0.3 is 9.64 Å². The Hall–Kier alpha value is -2.41. The molecular weight excluding hydrogens is 466 g/mol. The van der Waals surface area contributed by atoms with Crippen LogP contribution in [0.15, 0.2) is 6.07 Å². The maximum atomic E-state index is 12.7. The average molecular weight is 492 g/mol. The number of hydrogen-bond donors (Lipinski definition) is 2. The summed E-state index contributed by atoms with van der Waals surface area (Å²) < 4.78 is 27.6. The molecule has 2 amide bonds. The molecular formula is C22H25N3O6S2. The van der Waals surface area contributed by atoms with Crippen LogP contribution in [0.4, 0.5) is 0 Å². The molecule has 0 saturated carbocycles. The van der Waals surface area contributed by atoms with Crippen LogP contribution in [0.1, 0.15) is 33.5 Å². The van der Waals surface area contributed by atoms with Gasteiger partial charge in [-0.15, -0.1) is 11.3 Å². The number of likely N-dealkylation sites (tertiary alicyclic amines) is 1. The van der Waals surface area contributed by atoms with Gasteiger partial charge in [-0.3, -0.25) is 19.7 Å². The molecule has 4 rings (SSSR count). The summed E-state index contributed by atoms with van der Waals surface area (Å²) in [6, 6.07) is 2.40. The molecule has 3 aliphatic heterocycles. The minimum Gasteiger partial charge on any atom is -0.378 e. The average Bonchev–Trinajstić information content (AvgIpc) is 3.22. The minimum atomic E-state index is -3.82. The van der Waals surface area contributed by atoms with Gasteiger partial charge in [0.25, 0.3) is 11.8 Å². The van der Waals surface area contributed by atoms with E-state index in [9.17, 15) is 18.0 Å². The van der Waals surface area contributed by atoms with Crippen molar-refractivity contribution in [2.45, 2.75) is 30.7 Å². The van der Waals surface area contributed by atoms with Crippen LogP contribution in [0.3, 0.4) is 0 Å². The van der Waals surface area contributed by atoms with E-state index in [1.54, 1.807) is 0 Å². The Labute approximate surface area is 197 Å². The topological polar surface area (TPSA) is 116 Å². The van der Waals surface area contributed by atoms with E-state index in [1.807, 2.05) is 6.07 Å². The standard InChI is InChI=1S/C22H25N3O6S2/c1-22(21(27)23-28,33(2,29)30)7-8-24-12-16-9-18(32-19(16)20(24)26)6-4-3-5-15-10-25(11-15)17-13-31-14-17/h9,15,17,28H,7-8,10-14H2,1-2H3,(H,23,27). The summed E-state index contributed by atoms with van der Waals surface area (Å²) in [7, 11) is -3.82. The van der Waals surface area contributed by atoms with E-state index in [4.69, 9.17) is 9.94 Å². The monoisotopic (exact) mass is 491 g/mol. The van der Waals surface area contributed by atoms with E-state index >= 15 is 0 Å². The van der Waals surface area contributed by atoms with Crippen molar-refractivity contribution >= 4 is 33.0 Å². The highest BCUT2D eigenvalue weighted by Crippen LogP contribution is 2.32. The van der Waals surface area contributed by atoms with E-state index in [1.165, 1.54) is 28.6 Å². The maximum absolute atomic E-state index is 12.7. The number of ether oxygens (including phenoxy) is 1. The molecule has 1 atom stereocenters. The minimum absolute atomic E-state index is 0.0646. The summed E-state index contributed by atoms with van der Waals surface area (Å²) in [5.41, 5.74) is 2.24. The van der Waals surface area contributed by atoms with E-state index in [0.717, 1.165) is 43.0 Å². The van der Waals surface area contributed by atoms with Crippen molar-refractivity contribution in [2.24, 2.45) is 5.92 Å². The van der Waals surface area contributed by atoms with Crippen molar-refractivity contribution in [3.63, 3.8) is 0 Å². The fraction of sp³-hybridized carbons (Fsp3) is 0.545. The van der Waals surface area contributed by atoms with Crippen LogP contribution in [0.25, 0.3) is 0 Å². The third-order valence-corrected chi connectivity index (χ3v) is 9.59. The first-order valence-corrected chi connectivity index (χ1v) is 13.2. The summed E-state index contributed by atoms with van der Waals surface area (Å²) in [5.74, 6) is 11.0. The number of nitrogens with zero attached hydrogens (tertiary/aromatic N) is 2. The smallest absolute Gasteiger partial charge is 0.264 e. The van der Waals surface area contributed by atoms with Crippen molar-refractivity contribution < 1.29 is 28.0 Å². The number of carbonyl (C=O) groups excluding carboxylic acids is 2. The third-order valence-electron chi connectivity index (χ3n) is 6.48. The summed E-state index contributed by atoms with van der Waals surface area (Å²) in [4.78, 5) is 29.9. The second kappa shape index (κ2) is 9.09. The lowest BCUT2D eigenvalue weighted by atomic mass is 9.97. The number of sulfone groups is 1. The Morgan fingerprint density at radius 3 is 2.67 bits per heavy atom. The number of hydroxylamine groups is 1. The van der Waals surface area contributed by atoms with Gasteiger partial charge in [0, 0.05) is 38.4 Å². The maximum Gasteiger partial charge on any atom is 0.264 e. The van der Waals surface area contributed by atoms with Crippen LogP contribution in [0.2, 0.25) is 0 Å². The molecule has 9 nitrogen and oxygen atoms in total. The molecule has 0 spiro atoms. The van der Waals surface area contributed by atoms with Gasteiger partial charge in [-0.25, -0.2) is 13.9 Å². The molecule has 1 aromatic heterocycles. The van der Waals surface area contributed by atoms with Gasteiger partial charge in [-0.2, -0.15) is 0 Å². The number of hydrogen-bond acceptors (Lipinski definition) is 8. The predicted octanol–water partition coefficient (Wildman–Crippen LogP) is 0.0882. The van der Waals surface area contributed by atoms with Crippen molar-refractivity contribution in [1.82, 2.24) is 15.3 Å². The van der Waals surface area contributed by atoms with Gasteiger partial charge in [-0.05, 0) is 42.7 Å². The summed E-state index contributed by atoms with van der Waals surface area (Å²) in [6.45, 7) is 5.16. The Kier molecular flexibility index (Phi) is 6.54. The van der Waals surface area contributed by atoms with Crippen molar-refractivity contribution in [2.75, 3.05) is 39.1 Å². The molecule has 11 heteroatoms. The highest BCUT2D eigenvalue weighted by atomic mass is 32.2. The van der Waals surface area contributed by atoms with Crippen LogP contribution in [0.5, 0.6) is 0 Å². The molecule has 3 aliphatic rings. The lowest BCUT2D eigenvalue weighted by molar-refractivity contribution is -0.131. The Bertz CT molecular complexity index is 1190. The van der Waals surface area contributed by atoms with Gasteiger partial charge in [0.05, 0.1) is 29.0 Å². The van der Waals surface area contributed by atoms with Gasteiger partial charge in [0.15, 0.2) is 14.6 Å². The van der Waals surface area contributed by atoms with E-state index in [0.29, 0.717) is 23.4 Å². The number of fused-ring (bicyclic) bond motifs is 1. The van der Waals surface area contributed by atoms with E-state index in [-0.39, 0.29) is 18.9 Å². The SMILES string of the molecule is CC(CCN1Cc2cc(C#CC#CC3CN(C4COC4)C3)sc2C1=O)(C(=O)NO)S(C)(=O)=O. The zero-order chi connectivity index (χ0) is 23.8. The second-order valence-corrected chi connectivity index (χ2v) is 12.2. The Balaban J connectivity index is 1.32. The van der Waals surface area contributed by atoms with Crippen molar-refractivity contribution in [1.29, 1.82) is 0 Å². The molecule has 33 heavy (non-hydrogen) atoms. The summed E-state index contributed by atoms with van der Waals surface area (Å²) >= 11 is 1.28. The Morgan fingerprint density at radius 1 is 1.36 bits per heavy atom. The summed E-state index contributed by atoms with van der Waals surface area (Å²) in [6.07, 6.45) is 0.802. The number of carbonyl (C=O) groups is 2. The first kappa shape index (κ1) is 23.7. The number of thiophene rings is 1. The van der Waals surface area contributed by atoms with Crippen LogP contribution in [-0.2, 0) is 25.9 Å². The van der Waals surface area contributed by atoms with E-state index < -0.39 is 20.5 Å². The van der Waals surface area contributed by atoms with Crippen molar-refractivity contribution in [3.8, 4) is 23.7 Å². The molecule has 2 N–H and O–H groups in total. The first-order valence-electron chi connectivity index (χ1n) is 10.5. The van der Waals surface area contributed by atoms with Gasteiger partial charge in [0.2, 0.25) is 0 Å². The van der Waals surface area contributed by atoms with Gasteiger partial charge in [0.1, 0.15) is 0 Å². The fourth-order valence-corrected chi connectivity index (χ4v) is 5.73. The molecule has 1 unspecified atom stereocenters. The van der Waals surface area contributed by atoms with Crippen LogP contribution >= 0.6 is 11.3 Å². The van der Waals surface area contributed by atoms with Crippen molar-refractivity contribution in [3.05, 3.63) is 21.4 Å². The highest BCUT2D eigenvalue weighted by molar-refractivity contribution is 7.92. The zero-order valence-electron chi connectivity index (χ0n) is 18.4.